The number of nitrogens with zero attached hydrogens (tertiary/aromatic N) is 1. The summed E-state index contributed by atoms with van der Waals surface area (Å²) in [6.07, 6.45) is 0. The molecule has 0 radical (unpaired) electrons. The van der Waals surface area contributed by atoms with Gasteiger partial charge in [0.25, 0.3) is 0 Å². The molecule has 0 saturated carbocycles. The smallest absolute Gasteiger partial charge is 0.185 e. The van der Waals surface area contributed by atoms with Crippen molar-refractivity contribution in [3.05, 3.63) is 18.2 Å². The molecule has 1 aromatic rings. The zero-order valence-electron chi connectivity index (χ0n) is 11.6. The van der Waals surface area contributed by atoms with Gasteiger partial charge in [0.2, 0.25) is 0 Å². The first-order valence-corrected chi connectivity index (χ1v) is 6.76. The molecule has 0 amide bonds. The molecule has 7 heteroatoms. The summed E-state index contributed by atoms with van der Waals surface area (Å²) in [5, 5.41) is 5.66. The van der Waals surface area contributed by atoms with Crippen LogP contribution in [0.15, 0.2) is 18.2 Å². The van der Waals surface area contributed by atoms with Gasteiger partial charge in [0.1, 0.15) is 11.5 Å². The Hall–Kier alpha value is -1.57. The van der Waals surface area contributed by atoms with Gasteiger partial charge in [-0.2, -0.15) is 0 Å². The van der Waals surface area contributed by atoms with Crippen LogP contribution in [0.1, 0.15) is 0 Å². The molecule has 1 aliphatic rings. The molecule has 1 heterocycles. The first-order valence-electron chi connectivity index (χ1n) is 6.35. The highest BCUT2D eigenvalue weighted by Gasteiger charge is 2.12. The van der Waals surface area contributed by atoms with Gasteiger partial charge in [-0.1, -0.05) is 0 Å². The number of thiocarbonyl (C=S) groups is 1. The lowest BCUT2D eigenvalue weighted by molar-refractivity contribution is 0.0252. The third-order valence-electron chi connectivity index (χ3n) is 2.93. The number of hydrogen-bond acceptors (Lipinski definition) is 5. The van der Waals surface area contributed by atoms with Crippen molar-refractivity contribution in [3.8, 4) is 11.5 Å². The summed E-state index contributed by atoms with van der Waals surface area (Å²) in [5.74, 6) is 1.41. The molecule has 20 heavy (non-hydrogen) atoms. The molecule has 0 atom stereocenters. The van der Waals surface area contributed by atoms with Gasteiger partial charge in [0, 0.05) is 19.2 Å². The molecule has 2 N–H and O–H groups in total. The number of methoxy groups -OCH3 is 2. The predicted molar refractivity (Wildman–Crippen MR) is 81.3 cm³/mol. The van der Waals surface area contributed by atoms with Crippen LogP contribution in [0.5, 0.6) is 11.5 Å². The monoisotopic (exact) mass is 297 g/mol. The zero-order chi connectivity index (χ0) is 14.4. The highest BCUT2D eigenvalue weighted by Crippen LogP contribution is 2.28. The third-order valence-corrected chi connectivity index (χ3v) is 3.12. The van der Waals surface area contributed by atoms with Crippen LogP contribution in [-0.4, -0.2) is 50.6 Å². The lowest BCUT2D eigenvalue weighted by Gasteiger charge is -2.28. The minimum atomic E-state index is 0.523. The minimum absolute atomic E-state index is 0.523. The Labute approximate surface area is 124 Å². The summed E-state index contributed by atoms with van der Waals surface area (Å²) >= 11 is 5.29. The first-order chi connectivity index (χ1) is 9.72. The maximum Gasteiger partial charge on any atom is 0.185 e. The van der Waals surface area contributed by atoms with E-state index in [1.807, 2.05) is 17.1 Å². The van der Waals surface area contributed by atoms with Crippen LogP contribution in [-0.2, 0) is 4.74 Å². The van der Waals surface area contributed by atoms with Crippen molar-refractivity contribution in [1.82, 2.24) is 10.4 Å². The fourth-order valence-electron chi connectivity index (χ4n) is 1.87. The molecule has 6 nitrogen and oxygen atoms in total. The number of anilines is 1. The van der Waals surface area contributed by atoms with Crippen LogP contribution in [0.25, 0.3) is 0 Å². The molecule has 0 bridgehead atoms. The molecule has 0 spiro atoms. The lowest BCUT2D eigenvalue weighted by Crippen LogP contribution is -2.49. The van der Waals surface area contributed by atoms with Gasteiger partial charge in [-0.15, -0.1) is 0 Å². The van der Waals surface area contributed by atoms with Gasteiger partial charge in [-0.05, 0) is 24.4 Å². The van der Waals surface area contributed by atoms with E-state index in [4.69, 9.17) is 26.4 Å². The molecule has 0 aromatic heterocycles. The summed E-state index contributed by atoms with van der Waals surface area (Å²) < 4.78 is 15.8. The predicted octanol–water partition coefficient (Wildman–Crippen LogP) is 1.24. The van der Waals surface area contributed by atoms with Gasteiger partial charge in [-0.25, -0.2) is 5.01 Å². The average molecular weight is 297 g/mol. The summed E-state index contributed by atoms with van der Waals surface area (Å²) in [6, 6.07) is 5.52. The van der Waals surface area contributed by atoms with Crippen molar-refractivity contribution >= 4 is 23.0 Å². The van der Waals surface area contributed by atoms with Crippen LogP contribution in [0.2, 0.25) is 0 Å². The SMILES string of the molecule is COc1ccc(NC(=S)NN2CCOCC2)c(OC)c1. The Morgan fingerprint density at radius 2 is 2.00 bits per heavy atom. The van der Waals surface area contributed by atoms with Gasteiger partial charge >= 0.3 is 0 Å². The fourth-order valence-corrected chi connectivity index (χ4v) is 2.11. The highest BCUT2D eigenvalue weighted by atomic mass is 32.1. The number of rotatable bonds is 4. The summed E-state index contributed by atoms with van der Waals surface area (Å²) in [4.78, 5) is 0. The molecule has 1 aliphatic heterocycles. The second-order valence-electron chi connectivity index (χ2n) is 4.23. The second-order valence-corrected chi connectivity index (χ2v) is 4.64. The molecular formula is C13H19N3O3S. The fraction of sp³-hybridized carbons (Fsp3) is 0.462. The number of ether oxygens (including phenoxy) is 3. The van der Waals surface area contributed by atoms with E-state index in [0.29, 0.717) is 24.1 Å². The van der Waals surface area contributed by atoms with E-state index in [9.17, 15) is 0 Å². The van der Waals surface area contributed by atoms with Crippen LogP contribution in [0.4, 0.5) is 5.69 Å². The Morgan fingerprint density at radius 1 is 1.25 bits per heavy atom. The Balaban J connectivity index is 1.96. The minimum Gasteiger partial charge on any atom is -0.497 e. The van der Waals surface area contributed by atoms with Crippen LogP contribution < -0.4 is 20.2 Å². The van der Waals surface area contributed by atoms with Gasteiger partial charge < -0.3 is 19.5 Å². The van der Waals surface area contributed by atoms with Crippen LogP contribution >= 0.6 is 12.2 Å². The molecule has 1 fully saturated rings. The first kappa shape index (κ1) is 14.8. The molecular weight excluding hydrogens is 278 g/mol. The molecule has 110 valence electrons. The van der Waals surface area contributed by atoms with Crippen molar-refractivity contribution in [2.45, 2.75) is 0 Å². The van der Waals surface area contributed by atoms with E-state index in [0.717, 1.165) is 24.5 Å². The van der Waals surface area contributed by atoms with Crippen molar-refractivity contribution in [2.24, 2.45) is 0 Å². The van der Waals surface area contributed by atoms with E-state index < -0.39 is 0 Å². The number of nitrogens with one attached hydrogen (secondary N) is 2. The van der Waals surface area contributed by atoms with Gasteiger partial charge in [0.15, 0.2) is 5.11 Å². The van der Waals surface area contributed by atoms with Crippen molar-refractivity contribution in [1.29, 1.82) is 0 Å². The number of morpholine rings is 1. The summed E-state index contributed by atoms with van der Waals surface area (Å²) in [7, 11) is 3.23. The Kier molecular flexibility index (Phi) is 5.40. The van der Waals surface area contributed by atoms with E-state index in [1.165, 1.54) is 0 Å². The lowest BCUT2D eigenvalue weighted by atomic mass is 10.2. The summed E-state index contributed by atoms with van der Waals surface area (Å²) in [6.45, 7) is 3.03. The molecule has 0 aliphatic carbocycles. The van der Waals surface area contributed by atoms with E-state index in [-0.39, 0.29) is 0 Å². The second kappa shape index (κ2) is 7.28. The number of benzene rings is 1. The van der Waals surface area contributed by atoms with Crippen molar-refractivity contribution in [3.63, 3.8) is 0 Å². The number of hydrogen-bond donors (Lipinski definition) is 2. The number of hydrazine groups is 1. The van der Waals surface area contributed by atoms with Crippen molar-refractivity contribution in [2.75, 3.05) is 45.8 Å². The standard InChI is InChI=1S/C13H19N3O3S/c1-17-10-3-4-11(12(9-10)18-2)14-13(20)15-16-5-7-19-8-6-16/h3-4,9H,5-8H2,1-2H3,(H2,14,15,20). The van der Waals surface area contributed by atoms with E-state index >= 15 is 0 Å². The summed E-state index contributed by atoms with van der Waals surface area (Å²) in [5.41, 5.74) is 3.92. The largest absolute Gasteiger partial charge is 0.497 e. The third kappa shape index (κ3) is 3.96. The van der Waals surface area contributed by atoms with Gasteiger partial charge in [0.05, 0.1) is 33.1 Å². The quantitative estimate of drug-likeness (QED) is 0.811. The topological polar surface area (TPSA) is 55.0 Å². The molecule has 2 rings (SSSR count). The molecule has 1 saturated heterocycles. The van der Waals surface area contributed by atoms with E-state index in [2.05, 4.69) is 10.7 Å². The zero-order valence-corrected chi connectivity index (χ0v) is 12.5. The Morgan fingerprint density at radius 3 is 2.65 bits per heavy atom. The molecule has 1 aromatic carbocycles. The van der Waals surface area contributed by atoms with Crippen LogP contribution in [0.3, 0.4) is 0 Å². The normalized spacial score (nSPS) is 15.5. The maximum atomic E-state index is 5.32. The van der Waals surface area contributed by atoms with Crippen molar-refractivity contribution < 1.29 is 14.2 Å². The van der Waals surface area contributed by atoms with Crippen LogP contribution in [0, 0.1) is 0 Å². The van der Waals surface area contributed by atoms with Gasteiger partial charge in [-0.3, -0.25) is 5.43 Å². The highest BCUT2D eigenvalue weighted by molar-refractivity contribution is 7.80. The van der Waals surface area contributed by atoms with E-state index in [1.54, 1.807) is 20.3 Å². The molecule has 0 unspecified atom stereocenters. The Bertz CT molecular complexity index is 464. The maximum absolute atomic E-state index is 5.32. The average Bonchev–Trinajstić information content (AvgIpc) is 2.48.